The predicted octanol–water partition coefficient (Wildman–Crippen LogP) is 4.44. The van der Waals surface area contributed by atoms with Gasteiger partial charge < -0.3 is 9.52 Å². The van der Waals surface area contributed by atoms with E-state index in [1.54, 1.807) is 36.4 Å². The van der Waals surface area contributed by atoms with Crippen LogP contribution in [0.1, 0.15) is 16.9 Å². The quantitative estimate of drug-likeness (QED) is 0.687. The Balaban J connectivity index is 2.14. The van der Waals surface area contributed by atoms with Crippen LogP contribution in [-0.4, -0.2) is 9.67 Å². The lowest BCUT2D eigenvalue weighted by atomic mass is 10.1. The zero-order valence-electron chi connectivity index (χ0n) is 13.7. The fraction of sp³-hybridized carbons (Fsp3) is 0.111. The van der Waals surface area contributed by atoms with E-state index in [9.17, 15) is 15.2 Å². The van der Waals surface area contributed by atoms with Crippen LogP contribution >= 0.6 is 11.6 Å². The molecular weight excluding hydrogens is 356 g/mol. The molecule has 1 aromatic carbocycles. The van der Waals surface area contributed by atoms with Crippen LogP contribution in [0, 0.1) is 18.3 Å². The monoisotopic (exact) mass is 368 g/mol. The fourth-order valence-electron chi connectivity index (χ4n) is 2.40. The van der Waals surface area contributed by atoms with Crippen molar-refractivity contribution in [2.45, 2.75) is 13.5 Å². The van der Waals surface area contributed by atoms with Crippen LogP contribution in [0.4, 0.5) is 11.4 Å². The van der Waals surface area contributed by atoms with Crippen molar-refractivity contribution in [2.24, 2.45) is 10.2 Å². The molecule has 3 rings (SSSR count). The van der Waals surface area contributed by atoms with Crippen LogP contribution in [0.5, 0.6) is 5.88 Å². The number of benzene rings is 1. The van der Waals surface area contributed by atoms with E-state index >= 15 is 0 Å². The Morgan fingerprint density at radius 2 is 2.04 bits per heavy atom. The first-order chi connectivity index (χ1) is 12.5. The van der Waals surface area contributed by atoms with Crippen molar-refractivity contribution in [1.29, 1.82) is 5.26 Å². The zero-order valence-corrected chi connectivity index (χ0v) is 14.4. The molecule has 0 fully saturated rings. The molecule has 0 saturated heterocycles. The van der Waals surface area contributed by atoms with Gasteiger partial charge in [0.05, 0.1) is 17.8 Å². The number of hydrogen-bond donors (Lipinski definition) is 1. The van der Waals surface area contributed by atoms with Gasteiger partial charge in [0.15, 0.2) is 5.69 Å². The summed E-state index contributed by atoms with van der Waals surface area (Å²) in [7, 11) is 0. The average molecular weight is 369 g/mol. The van der Waals surface area contributed by atoms with Crippen LogP contribution < -0.4 is 5.56 Å². The van der Waals surface area contributed by atoms with Crippen LogP contribution in [0.25, 0.3) is 0 Å². The van der Waals surface area contributed by atoms with Crippen molar-refractivity contribution in [1.82, 2.24) is 4.57 Å². The first-order valence-corrected chi connectivity index (χ1v) is 7.96. The number of aromatic hydroxyl groups is 1. The molecule has 2 aromatic heterocycles. The van der Waals surface area contributed by atoms with Crippen molar-refractivity contribution >= 4 is 23.0 Å². The largest absolute Gasteiger partial charge is 0.493 e. The van der Waals surface area contributed by atoms with Gasteiger partial charge >= 0.3 is 0 Å². The highest BCUT2D eigenvalue weighted by Crippen LogP contribution is 2.29. The Labute approximate surface area is 153 Å². The van der Waals surface area contributed by atoms with Gasteiger partial charge in [0.25, 0.3) is 5.56 Å². The minimum Gasteiger partial charge on any atom is -0.493 e. The van der Waals surface area contributed by atoms with Gasteiger partial charge in [0, 0.05) is 5.56 Å². The summed E-state index contributed by atoms with van der Waals surface area (Å²) in [5.74, 6) is 0.00669. The van der Waals surface area contributed by atoms with Gasteiger partial charge in [-0.3, -0.25) is 9.36 Å². The first-order valence-electron chi connectivity index (χ1n) is 7.58. The number of furan rings is 1. The van der Waals surface area contributed by atoms with Gasteiger partial charge in [-0.15, -0.1) is 10.2 Å². The van der Waals surface area contributed by atoms with Crippen LogP contribution in [0.15, 0.2) is 62.1 Å². The number of pyridine rings is 1. The highest BCUT2D eigenvalue weighted by molar-refractivity contribution is 6.32. The van der Waals surface area contributed by atoms with E-state index in [1.807, 2.05) is 6.07 Å². The Kier molecular flexibility index (Phi) is 4.87. The smallest absolute Gasteiger partial charge is 0.281 e. The maximum Gasteiger partial charge on any atom is 0.281 e. The molecule has 0 atom stereocenters. The second-order valence-electron chi connectivity index (χ2n) is 5.41. The summed E-state index contributed by atoms with van der Waals surface area (Å²) in [6, 6.07) is 12.0. The van der Waals surface area contributed by atoms with Gasteiger partial charge in [-0.1, -0.05) is 23.7 Å². The number of halogens is 1. The molecule has 26 heavy (non-hydrogen) atoms. The summed E-state index contributed by atoms with van der Waals surface area (Å²) in [5.41, 5.74) is -0.0695. The van der Waals surface area contributed by atoms with E-state index in [0.29, 0.717) is 16.5 Å². The number of nitriles is 1. The molecule has 0 amide bonds. The molecule has 0 aliphatic heterocycles. The molecule has 0 radical (unpaired) electrons. The Bertz CT molecular complexity index is 1080. The summed E-state index contributed by atoms with van der Waals surface area (Å²) in [6.07, 6.45) is 1.45. The third kappa shape index (κ3) is 3.23. The lowest BCUT2D eigenvalue weighted by molar-refractivity contribution is 0.397. The van der Waals surface area contributed by atoms with Crippen LogP contribution in [0.3, 0.4) is 0 Å². The maximum absolute atomic E-state index is 12.8. The second-order valence-corrected chi connectivity index (χ2v) is 5.81. The van der Waals surface area contributed by atoms with Crippen LogP contribution in [0.2, 0.25) is 5.02 Å². The molecule has 0 spiro atoms. The average Bonchev–Trinajstić information content (AvgIpc) is 3.14. The van der Waals surface area contributed by atoms with E-state index in [0.717, 1.165) is 4.57 Å². The molecule has 0 saturated carbocycles. The minimum absolute atomic E-state index is 0.0404. The molecule has 0 aliphatic rings. The third-order valence-electron chi connectivity index (χ3n) is 3.77. The van der Waals surface area contributed by atoms with Crippen molar-refractivity contribution in [2.75, 3.05) is 0 Å². The topological polar surface area (TPSA) is 104 Å². The Morgan fingerprint density at radius 1 is 1.27 bits per heavy atom. The third-order valence-corrected chi connectivity index (χ3v) is 4.09. The molecule has 130 valence electrons. The van der Waals surface area contributed by atoms with Crippen LogP contribution in [-0.2, 0) is 6.54 Å². The Hall–Kier alpha value is -3.37. The van der Waals surface area contributed by atoms with Gasteiger partial charge in [-0.25, -0.2) is 0 Å². The zero-order chi connectivity index (χ0) is 18.7. The summed E-state index contributed by atoms with van der Waals surface area (Å²) in [4.78, 5) is 12.8. The molecular formula is C18H13ClN4O3. The molecule has 0 aliphatic carbocycles. The van der Waals surface area contributed by atoms with E-state index < -0.39 is 11.4 Å². The van der Waals surface area contributed by atoms with Gasteiger partial charge in [-0.2, -0.15) is 5.26 Å². The fourth-order valence-corrected chi connectivity index (χ4v) is 2.57. The Morgan fingerprint density at radius 3 is 2.69 bits per heavy atom. The molecule has 1 N–H and O–H groups in total. The first kappa shape index (κ1) is 17.5. The lowest BCUT2D eigenvalue weighted by Crippen LogP contribution is -2.22. The predicted molar refractivity (Wildman–Crippen MR) is 95.3 cm³/mol. The molecule has 3 aromatic rings. The highest BCUT2D eigenvalue weighted by atomic mass is 35.5. The minimum atomic E-state index is -0.591. The summed E-state index contributed by atoms with van der Waals surface area (Å²) in [6.45, 7) is 1.49. The normalized spacial score (nSPS) is 11.0. The number of nitrogens with zero attached hydrogens (tertiary/aromatic N) is 4. The summed E-state index contributed by atoms with van der Waals surface area (Å²) in [5, 5.41) is 28.0. The molecule has 0 unspecified atom stereocenters. The van der Waals surface area contributed by atoms with Crippen molar-refractivity contribution < 1.29 is 9.52 Å². The standard InChI is InChI=1S/C18H13ClN4O3/c1-11-13(9-20)17(24)23(10-12-5-4-8-26-12)18(25)16(11)22-21-15-7-3-2-6-14(15)19/h2-8,24H,10H2,1H3. The van der Waals surface area contributed by atoms with Gasteiger partial charge in [-0.05, 0) is 31.2 Å². The van der Waals surface area contributed by atoms with Gasteiger partial charge in [0.2, 0.25) is 5.88 Å². The second kappa shape index (κ2) is 7.25. The number of aromatic nitrogens is 1. The van der Waals surface area contributed by atoms with Crippen molar-refractivity contribution in [3.8, 4) is 11.9 Å². The van der Waals surface area contributed by atoms with Crippen molar-refractivity contribution in [3.05, 3.63) is 74.9 Å². The van der Waals surface area contributed by atoms with E-state index in [2.05, 4.69) is 10.2 Å². The number of azo groups is 1. The van der Waals surface area contributed by atoms with E-state index in [1.165, 1.54) is 13.2 Å². The van der Waals surface area contributed by atoms with E-state index in [4.69, 9.17) is 16.0 Å². The van der Waals surface area contributed by atoms with E-state index in [-0.39, 0.29) is 23.4 Å². The molecule has 0 bridgehead atoms. The SMILES string of the molecule is Cc1c(C#N)c(O)n(Cc2ccco2)c(=O)c1N=Nc1ccccc1Cl. The molecule has 8 heteroatoms. The molecule has 7 nitrogen and oxygen atoms in total. The maximum atomic E-state index is 12.8. The lowest BCUT2D eigenvalue weighted by Gasteiger charge is -2.11. The van der Waals surface area contributed by atoms with Gasteiger partial charge in [0.1, 0.15) is 23.1 Å². The highest BCUT2D eigenvalue weighted by Gasteiger charge is 2.20. The number of hydrogen-bond acceptors (Lipinski definition) is 6. The summed E-state index contributed by atoms with van der Waals surface area (Å²) < 4.78 is 6.23. The number of rotatable bonds is 4. The molecule has 2 heterocycles. The summed E-state index contributed by atoms with van der Waals surface area (Å²) >= 11 is 6.04. The van der Waals surface area contributed by atoms with Crippen molar-refractivity contribution in [3.63, 3.8) is 0 Å².